The van der Waals surface area contributed by atoms with Gasteiger partial charge in [-0.05, 0) is 31.0 Å². The second kappa shape index (κ2) is 6.68. The van der Waals surface area contributed by atoms with Crippen LogP contribution in [-0.2, 0) is 14.8 Å². The van der Waals surface area contributed by atoms with E-state index >= 15 is 0 Å². The lowest BCUT2D eigenvalue weighted by Gasteiger charge is -2.18. The molecule has 1 amide bonds. The number of nitrogens with zero attached hydrogens (tertiary/aromatic N) is 1. The fourth-order valence-electron chi connectivity index (χ4n) is 1.70. The first-order valence-corrected chi connectivity index (χ1v) is 7.99. The lowest BCUT2D eigenvalue weighted by Crippen LogP contribution is -2.37. The third-order valence-electron chi connectivity index (χ3n) is 2.56. The number of carbonyl (C=O) groups excluding carboxylic acids is 1. The number of hydrogen-bond donors (Lipinski definition) is 1. The monoisotopic (exact) mass is 284 g/mol. The van der Waals surface area contributed by atoms with Gasteiger partial charge in [0.15, 0.2) is 0 Å². The summed E-state index contributed by atoms with van der Waals surface area (Å²) in [7, 11) is -3.35. The Kier molecular flexibility index (Phi) is 5.50. The first-order chi connectivity index (χ1) is 8.82. The molecule has 0 unspecified atom stereocenters. The average Bonchev–Trinajstić information content (AvgIpc) is 2.27. The van der Waals surface area contributed by atoms with Crippen molar-refractivity contribution in [3.05, 3.63) is 29.8 Å². The minimum Gasteiger partial charge on any atom is -0.325 e. The lowest BCUT2D eigenvalue weighted by atomic mass is 10.2. The van der Waals surface area contributed by atoms with E-state index in [1.165, 1.54) is 4.31 Å². The summed E-state index contributed by atoms with van der Waals surface area (Å²) in [5.74, 6) is -0.329. The number of anilines is 1. The van der Waals surface area contributed by atoms with E-state index in [0.29, 0.717) is 18.7 Å². The summed E-state index contributed by atoms with van der Waals surface area (Å²) in [6, 6.07) is 7.37. The highest BCUT2D eigenvalue weighted by Crippen LogP contribution is 2.10. The van der Waals surface area contributed by atoms with Crippen molar-refractivity contribution in [3.8, 4) is 0 Å². The smallest absolute Gasteiger partial charge is 0.239 e. The zero-order chi connectivity index (χ0) is 14.5. The largest absolute Gasteiger partial charge is 0.325 e. The normalized spacial score (nSPS) is 11.6. The van der Waals surface area contributed by atoms with Crippen LogP contribution in [0, 0.1) is 6.92 Å². The van der Waals surface area contributed by atoms with Gasteiger partial charge >= 0.3 is 0 Å². The highest BCUT2D eigenvalue weighted by molar-refractivity contribution is 7.88. The molecule has 0 aromatic heterocycles. The fraction of sp³-hybridized carbons (Fsp3) is 0.462. The highest BCUT2D eigenvalue weighted by atomic mass is 32.2. The molecule has 19 heavy (non-hydrogen) atoms. The molecular formula is C13H20N2O3S. The summed E-state index contributed by atoms with van der Waals surface area (Å²) in [6.45, 7) is 3.99. The number of aryl methyl sites for hydroxylation is 1. The Morgan fingerprint density at radius 3 is 2.58 bits per heavy atom. The predicted octanol–water partition coefficient (Wildman–Crippen LogP) is 1.61. The van der Waals surface area contributed by atoms with Gasteiger partial charge < -0.3 is 5.32 Å². The molecule has 0 saturated carbocycles. The molecule has 5 nitrogen and oxygen atoms in total. The zero-order valence-electron chi connectivity index (χ0n) is 11.5. The van der Waals surface area contributed by atoms with Gasteiger partial charge in [-0.15, -0.1) is 0 Å². The second-order valence-electron chi connectivity index (χ2n) is 4.51. The third kappa shape index (κ3) is 5.40. The van der Waals surface area contributed by atoms with E-state index in [2.05, 4.69) is 5.32 Å². The molecule has 6 heteroatoms. The molecule has 0 heterocycles. The number of rotatable bonds is 6. The minimum absolute atomic E-state index is 0.152. The summed E-state index contributed by atoms with van der Waals surface area (Å²) in [5, 5.41) is 2.70. The molecule has 1 aromatic carbocycles. The molecular weight excluding hydrogens is 264 g/mol. The van der Waals surface area contributed by atoms with E-state index in [1.54, 1.807) is 6.07 Å². The molecule has 0 aliphatic carbocycles. The standard InChI is InChI=1S/C13H20N2O3S/c1-4-8-15(19(3,17)18)10-13(16)14-12-7-5-6-11(2)9-12/h5-7,9H,4,8,10H2,1-3H3,(H,14,16). The summed E-state index contributed by atoms with van der Waals surface area (Å²) in [5.41, 5.74) is 1.71. The van der Waals surface area contributed by atoms with Crippen LogP contribution >= 0.6 is 0 Å². The predicted molar refractivity (Wildman–Crippen MR) is 76.5 cm³/mol. The van der Waals surface area contributed by atoms with Gasteiger partial charge in [0.25, 0.3) is 0 Å². The number of carbonyl (C=O) groups is 1. The van der Waals surface area contributed by atoms with E-state index in [4.69, 9.17) is 0 Å². The molecule has 0 aliphatic rings. The van der Waals surface area contributed by atoms with Gasteiger partial charge in [0.1, 0.15) is 0 Å². The van der Waals surface area contributed by atoms with Crippen LogP contribution < -0.4 is 5.32 Å². The van der Waals surface area contributed by atoms with Crippen LogP contribution in [-0.4, -0.2) is 38.0 Å². The van der Waals surface area contributed by atoms with Crippen LogP contribution in [0.1, 0.15) is 18.9 Å². The lowest BCUT2D eigenvalue weighted by molar-refractivity contribution is -0.116. The zero-order valence-corrected chi connectivity index (χ0v) is 12.3. The molecule has 0 radical (unpaired) electrons. The molecule has 0 fully saturated rings. The van der Waals surface area contributed by atoms with Crippen LogP contribution in [0.3, 0.4) is 0 Å². The van der Waals surface area contributed by atoms with Crippen molar-refractivity contribution in [1.82, 2.24) is 4.31 Å². The van der Waals surface area contributed by atoms with E-state index in [0.717, 1.165) is 11.8 Å². The Morgan fingerprint density at radius 1 is 1.37 bits per heavy atom. The Bertz CT molecular complexity index is 541. The molecule has 0 bridgehead atoms. The summed E-state index contributed by atoms with van der Waals surface area (Å²) >= 11 is 0. The van der Waals surface area contributed by atoms with Crippen LogP contribution in [0.15, 0.2) is 24.3 Å². The Labute approximate surface area is 114 Å². The van der Waals surface area contributed by atoms with Crippen molar-refractivity contribution in [2.45, 2.75) is 20.3 Å². The second-order valence-corrected chi connectivity index (χ2v) is 6.50. The van der Waals surface area contributed by atoms with Crippen LogP contribution in [0.2, 0.25) is 0 Å². The van der Waals surface area contributed by atoms with Crippen LogP contribution in [0.4, 0.5) is 5.69 Å². The maximum atomic E-state index is 11.8. The van der Waals surface area contributed by atoms with Gasteiger partial charge in [-0.25, -0.2) is 8.42 Å². The molecule has 106 valence electrons. The summed E-state index contributed by atoms with van der Waals surface area (Å²) in [4.78, 5) is 11.8. The molecule has 0 atom stereocenters. The van der Waals surface area contributed by atoms with Gasteiger partial charge in [-0.3, -0.25) is 4.79 Å². The van der Waals surface area contributed by atoms with E-state index < -0.39 is 10.0 Å². The van der Waals surface area contributed by atoms with Gasteiger partial charge in [0, 0.05) is 12.2 Å². The van der Waals surface area contributed by atoms with Crippen LogP contribution in [0.5, 0.6) is 0 Å². The van der Waals surface area contributed by atoms with Gasteiger partial charge in [-0.2, -0.15) is 4.31 Å². The first kappa shape index (κ1) is 15.7. The number of nitrogens with one attached hydrogen (secondary N) is 1. The van der Waals surface area contributed by atoms with Crippen LogP contribution in [0.25, 0.3) is 0 Å². The fourth-order valence-corrected chi connectivity index (χ4v) is 2.56. The van der Waals surface area contributed by atoms with Crippen molar-refractivity contribution >= 4 is 21.6 Å². The SMILES string of the molecule is CCCN(CC(=O)Nc1cccc(C)c1)S(C)(=O)=O. The maximum absolute atomic E-state index is 11.8. The topological polar surface area (TPSA) is 66.5 Å². The van der Waals surface area contributed by atoms with Gasteiger partial charge in [0.2, 0.25) is 15.9 Å². The Balaban J connectivity index is 2.68. The molecule has 1 rings (SSSR count). The Hall–Kier alpha value is -1.40. The number of amides is 1. The first-order valence-electron chi connectivity index (χ1n) is 6.14. The summed E-state index contributed by atoms with van der Waals surface area (Å²) < 4.78 is 24.2. The minimum atomic E-state index is -3.35. The van der Waals surface area contributed by atoms with Crippen molar-refractivity contribution in [2.75, 3.05) is 24.7 Å². The van der Waals surface area contributed by atoms with Crippen molar-refractivity contribution < 1.29 is 13.2 Å². The third-order valence-corrected chi connectivity index (χ3v) is 3.81. The molecule has 1 N–H and O–H groups in total. The van der Waals surface area contributed by atoms with E-state index in [9.17, 15) is 13.2 Å². The van der Waals surface area contributed by atoms with Crippen molar-refractivity contribution in [2.24, 2.45) is 0 Å². The van der Waals surface area contributed by atoms with Gasteiger partial charge in [0.05, 0.1) is 12.8 Å². The van der Waals surface area contributed by atoms with E-state index in [-0.39, 0.29) is 12.5 Å². The Morgan fingerprint density at radius 2 is 2.05 bits per heavy atom. The highest BCUT2D eigenvalue weighted by Gasteiger charge is 2.19. The molecule has 0 saturated heterocycles. The molecule has 0 aliphatic heterocycles. The average molecular weight is 284 g/mol. The summed E-state index contributed by atoms with van der Waals surface area (Å²) in [6.07, 6.45) is 1.79. The number of hydrogen-bond acceptors (Lipinski definition) is 3. The molecule has 0 spiro atoms. The maximum Gasteiger partial charge on any atom is 0.239 e. The van der Waals surface area contributed by atoms with E-state index in [1.807, 2.05) is 32.0 Å². The van der Waals surface area contributed by atoms with Crippen molar-refractivity contribution in [3.63, 3.8) is 0 Å². The number of benzene rings is 1. The number of sulfonamides is 1. The van der Waals surface area contributed by atoms with Crippen molar-refractivity contribution in [1.29, 1.82) is 0 Å². The quantitative estimate of drug-likeness (QED) is 0.863. The van der Waals surface area contributed by atoms with Gasteiger partial charge in [-0.1, -0.05) is 19.1 Å². The molecule has 1 aromatic rings.